The van der Waals surface area contributed by atoms with E-state index in [4.69, 9.17) is 9.47 Å². The average Bonchev–Trinajstić information content (AvgIpc) is 2.52. The van der Waals surface area contributed by atoms with E-state index in [1.807, 2.05) is 67.6 Å². The summed E-state index contributed by atoms with van der Waals surface area (Å²) in [6.07, 6.45) is -0.885. The van der Waals surface area contributed by atoms with E-state index >= 15 is 0 Å². The quantitative estimate of drug-likeness (QED) is 0.787. The summed E-state index contributed by atoms with van der Waals surface area (Å²) in [5.41, 5.74) is 0.865. The molecule has 0 fully saturated rings. The first kappa shape index (κ1) is 14.6. The molecule has 0 radical (unpaired) electrons. The third-order valence-electron chi connectivity index (χ3n) is 3.06. The van der Waals surface area contributed by atoms with Gasteiger partial charge in [-0.05, 0) is 24.6 Å². The number of aliphatic hydroxyl groups excluding tert-OH is 1. The van der Waals surface area contributed by atoms with E-state index in [-0.39, 0.29) is 6.10 Å². The molecule has 3 heteroatoms. The molecule has 0 spiro atoms. The van der Waals surface area contributed by atoms with Crippen LogP contribution in [0.4, 0.5) is 0 Å². The second-order valence-corrected chi connectivity index (χ2v) is 4.59. The molecule has 0 aliphatic carbocycles. The highest BCUT2D eigenvalue weighted by Gasteiger charge is 2.16. The Bertz CT molecular complexity index is 484. The van der Waals surface area contributed by atoms with Crippen LogP contribution in [0.15, 0.2) is 60.7 Å². The molecule has 0 aliphatic rings. The van der Waals surface area contributed by atoms with Crippen LogP contribution in [-0.2, 0) is 4.74 Å². The third-order valence-corrected chi connectivity index (χ3v) is 3.06. The monoisotopic (exact) mass is 272 g/mol. The van der Waals surface area contributed by atoms with Crippen molar-refractivity contribution in [1.29, 1.82) is 0 Å². The van der Waals surface area contributed by atoms with Gasteiger partial charge in [-0.1, -0.05) is 48.5 Å². The van der Waals surface area contributed by atoms with Crippen molar-refractivity contribution < 1.29 is 14.6 Å². The second kappa shape index (κ2) is 7.68. The predicted octanol–water partition coefficient (Wildman–Crippen LogP) is 3.20. The molecule has 3 nitrogen and oxygen atoms in total. The van der Waals surface area contributed by atoms with Crippen LogP contribution in [0.1, 0.15) is 18.6 Å². The van der Waals surface area contributed by atoms with Gasteiger partial charge in [0.05, 0.1) is 12.7 Å². The molecule has 0 saturated carbocycles. The zero-order valence-electron chi connectivity index (χ0n) is 11.6. The van der Waals surface area contributed by atoms with Crippen LogP contribution in [0, 0.1) is 0 Å². The molecule has 2 rings (SSSR count). The molecule has 20 heavy (non-hydrogen) atoms. The summed E-state index contributed by atoms with van der Waals surface area (Å²) in [5, 5.41) is 10.1. The van der Waals surface area contributed by atoms with Crippen molar-refractivity contribution >= 4 is 0 Å². The van der Waals surface area contributed by atoms with Crippen LogP contribution in [0.5, 0.6) is 5.75 Å². The summed E-state index contributed by atoms with van der Waals surface area (Å²) in [7, 11) is 0. The maximum atomic E-state index is 10.1. The van der Waals surface area contributed by atoms with Crippen LogP contribution in [-0.4, -0.2) is 24.4 Å². The summed E-state index contributed by atoms with van der Waals surface area (Å²) < 4.78 is 11.1. The van der Waals surface area contributed by atoms with E-state index in [0.717, 1.165) is 11.3 Å². The van der Waals surface area contributed by atoms with Gasteiger partial charge in [0, 0.05) is 0 Å². The zero-order chi connectivity index (χ0) is 14.2. The van der Waals surface area contributed by atoms with Crippen molar-refractivity contribution in [2.45, 2.75) is 19.1 Å². The van der Waals surface area contributed by atoms with Crippen LogP contribution in [0.2, 0.25) is 0 Å². The molecule has 0 saturated heterocycles. The van der Waals surface area contributed by atoms with Crippen molar-refractivity contribution in [2.75, 3.05) is 13.2 Å². The summed E-state index contributed by atoms with van der Waals surface area (Å²) in [4.78, 5) is 0. The first-order valence-corrected chi connectivity index (χ1v) is 6.80. The lowest BCUT2D eigenvalue weighted by Gasteiger charge is -2.20. The lowest BCUT2D eigenvalue weighted by Crippen LogP contribution is -2.21. The Balaban J connectivity index is 1.71. The van der Waals surface area contributed by atoms with Crippen LogP contribution in [0.3, 0.4) is 0 Å². The molecule has 0 heterocycles. The fourth-order valence-electron chi connectivity index (χ4n) is 1.92. The fourth-order valence-corrected chi connectivity index (χ4v) is 1.92. The molecule has 2 aromatic rings. The number of rotatable bonds is 7. The normalized spacial score (nSPS) is 13.7. The van der Waals surface area contributed by atoms with Gasteiger partial charge in [0.15, 0.2) is 0 Å². The summed E-state index contributed by atoms with van der Waals surface area (Å²) in [5.74, 6) is 0.826. The van der Waals surface area contributed by atoms with E-state index in [1.54, 1.807) is 0 Å². The molecule has 106 valence electrons. The maximum absolute atomic E-state index is 10.1. The molecule has 1 N–H and O–H groups in total. The first-order valence-electron chi connectivity index (χ1n) is 6.80. The zero-order valence-corrected chi connectivity index (χ0v) is 11.6. The topological polar surface area (TPSA) is 38.7 Å². The van der Waals surface area contributed by atoms with E-state index < -0.39 is 6.10 Å². The molecule has 0 aliphatic heterocycles. The highest BCUT2D eigenvalue weighted by Crippen LogP contribution is 2.18. The minimum atomic E-state index is -0.618. The average molecular weight is 272 g/mol. The molecule has 2 aromatic carbocycles. The summed E-state index contributed by atoms with van der Waals surface area (Å²) >= 11 is 0. The summed E-state index contributed by atoms with van der Waals surface area (Å²) in [6, 6.07) is 19.1. The van der Waals surface area contributed by atoms with E-state index in [2.05, 4.69) is 0 Å². The van der Waals surface area contributed by atoms with Gasteiger partial charge < -0.3 is 14.6 Å². The number of para-hydroxylation sites is 1. The Hall–Kier alpha value is -1.84. The largest absolute Gasteiger partial charge is 0.491 e. The molecular formula is C17H20O3. The van der Waals surface area contributed by atoms with Gasteiger partial charge in [0.2, 0.25) is 0 Å². The number of hydrogen-bond donors (Lipinski definition) is 1. The van der Waals surface area contributed by atoms with Gasteiger partial charge in [-0.15, -0.1) is 0 Å². The van der Waals surface area contributed by atoms with E-state index in [9.17, 15) is 5.11 Å². The number of benzene rings is 2. The smallest absolute Gasteiger partial charge is 0.119 e. The molecule has 0 bridgehead atoms. The van der Waals surface area contributed by atoms with Crippen molar-refractivity contribution in [3.8, 4) is 5.75 Å². The Morgan fingerprint density at radius 1 is 0.900 bits per heavy atom. The third kappa shape index (κ3) is 4.37. The van der Waals surface area contributed by atoms with Crippen molar-refractivity contribution in [3.63, 3.8) is 0 Å². The van der Waals surface area contributed by atoms with Gasteiger partial charge in [0.25, 0.3) is 0 Å². The molecule has 0 aromatic heterocycles. The van der Waals surface area contributed by atoms with Crippen LogP contribution in [0.25, 0.3) is 0 Å². The molecular weight excluding hydrogens is 252 g/mol. The Kier molecular flexibility index (Phi) is 5.59. The second-order valence-electron chi connectivity index (χ2n) is 4.59. The van der Waals surface area contributed by atoms with Gasteiger partial charge in [-0.25, -0.2) is 0 Å². The fraction of sp³-hybridized carbons (Fsp3) is 0.294. The van der Waals surface area contributed by atoms with Crippen molar-refractivity contribution in [3.05, 3.63) is 66.2 Å². The SMILES string of the molecule is CC(OCCOc1ccccc1)C(O)c1ccccc1. The number of ether oxygens (including phenoxy) is 2. The number of hydrogen-bond acceptors (Lipinski definition) is 3. The Labute approximate surface area is 119 Å². The number of aliphatic hydroxyl groups is 1. The lowest BCUT2D eigenvalue weighted by molar-refractivity contribution is -0.0362. The molecule has 2 unspecified atom stereocenters. The maximum Gasteiger partial charge on any atom is 0.119 e. The molecule has 2 atom stereocenters. The van der Waals surface area contributed by atoms with Gasteiger partial charge in [-0.3, -0.25) is 0 Å². The first-order chi connectivity index (χ1) is 9.77. The molecule has 0 amide bonds. The predicted molar refractivity (Wildman–Crippen MR) is 78.8 cm³/mol. The minimum Gasteiger partial charge on any atom is -0.491 e. The minimum absolute atomic E-state index is 0.267. The van der Waals surface area contributed by atoms with Gasteiger partial charge in [-0.2, -0.15) is 0 Å². The van der Waals surface area contributed by atoms with Crippen LogP contribution >= 0.6 is 0 Å². The standard InChI is InChI=1S/C17H20O3/c1-14(17(18)15-8-4-2-5-9-15)19-12-13-20-16-10-6-3-7-11-16/h2-11,14,17-18H,12-13H2,1H3. The van der Waals surface area contributed by atoms with E-state index in [1.165, 1.54) is 0 Å². The lowest BCUT2D eigenvalue weighted by atomic mass is 10.1. The summed E-state index contributed by atoms with van der Waals surface area (Å²) in [6.45, 7) is 2.77. The van der Waals surface area contributed by atoms with E-state index in [0.29, 0.717) is 13.2 Å². The Morgan fingerprint density at radius 2 is 1.50 bits per heavy atom. The van der Waals surface area contributed by atoms with Gasteiger partial charge >= 0.3 is 0 Å². The van der Waals surface area contributed by atoms with Gasteiger partial charge in [0.1, 0.15) is 18.5 Å². The van der Waals surface area contributed by atoms with Crippen LogP contribution < -0.4 is 4.74 Å². The van der Waals surface area contributed by atoms with Crippen molar-refractivity contribution in [2.24, 2.45) is 0 Å². The highest BCUT2D eigenvalue weighted by molar-refractivity contribution is 5.21. The highest BCUT2D eigenvalue weighted by atomic mass is 16.5. The Morgan fingerprint density at radius 3 is 2.15 bits per heavy atom. The van der Waals surface area contributed by atoms with Crippen molar-refractivity contribution in [1.82, 2.24) is 0 Å².